The summed E-state index contributed by atoms with van der Waals surface area (Å²) in [5, 5.41) is 12.1. The molecule has 18 heavy (non-hydrogen) atoms. The Morgan fingerprint density at radius 2 is 1.89 bits per heavy atom. The molecule has 0 bridgehead atoms. The van der Waals surface area contributed by atoms with Gasteiger partial charge < -0.3 is 10.4 Å². The molecule has 0 amide bonds. The molecule has 0 aliphatic rings. The molecule has 0 aromatic heterocycles. The number of halogens is 3. The molecule has 0 aliphatic heterocycles. The summed E-state index contributed by atoms with van der Waals surface area (Å²) < 4.78 is 26.9. The average Bonchev–Trinajstić information content (AvgIpc) is 2.35. The van der Waals surface area contributed by atoms with E-state index in [0.717, 1.165) is 0 Å². The molecule has 0 unspecified atom stereocenters. The molecule has 2 nitrogen and oxygen atoms in total. The second-order valence-corrected chi connectivity index (χ2v) is 4.82. The Hall–Kier alpha value is -1.37. The summed E-state index contributed by atoms with van der Waals surface area (Å²) in [4.78, 5) is 0. The molecule has 0 atom stereocenters. The molecule has 0 saturated carbocycles. The molecule has 2 aromatic rings. The smallest absolute Gasteiger partial charge is 0.165 e. The number of hydrogen-bond donors (Lipinski definition) is 2. The van der Waals surface area contributed by atoms with Crippen LogP contribution < -0.4 is 5.32 Å². The van der Waals surface area contributed by atoms with Crippen LogP contribution in [-0.2, 0) is 6.54 Å². The number of phenols is 1. The van der Waals surface area contributed by atoms with Gasteiger partial charge in [-0.3, -0.25) is 0 Å². The van der Waals surface area contributed by atoms with Crippen molar-refractivity contribution in [2.75, 3.05) is 5.32 Å². The van der Waals surface area contributed by atoms with E-state index in [1.54, 1.807) is 18.2 Å². The van der Waals surface area contributed by atoms with Crippen molar-refractivity contribution in [2.45, 2.75) is 6.54 Å². The maximum Gasteiger partial charge on any atom is 0.165 e. The molecule has 0 spiro atoms. The minimum Gasteiger partial charge on any atom is -0.505 e. The molecule has 2 aromatic carbocycles. The fourth-order valence-corrected chi connectivity index (χ4v) is 2.05. The maximum absolute atomic E-state index is 13.3. The summed E-state index contributed by atoms with van der Waals surface area (Å²) in [5.74, 6) is -1.33. The number of aromatic hydroxyl groups is 1. The van der Waals surface area contributed by atoms with Crippen LogP contribution in [0.4, 0.5) is 14.5 Å². The Morgan fingerprint density at radius 1 is 1.11 bits per heavy atom. The van der Waals surface area contributed by atoms with Gasteiger partial charge >= 0.3 is 0 Å². The van der Waals surface area contributed by atoms with Crippen LogP contribution in [0.25, 0.3) is 0 Å². The minimum absolute atomic E-state index is 0.294. The summed E-state index contributed by atoms with van der Waals surface area (Å²) in [6.07, 6.45) is 0. The Bertz CT molecular complexity index is 575. The molecule has 0 saturated heterocycles. The van der Waals surface area contributed by atoms with Gasteiger partial charge in [0, 0.05) is 6.54 Å². The molecule has 0 aliphatic carbocycles. The molecule has 5 heteroatoms. The monoisotopic (exact) mass is 361 g/mol. The van der Waals surface area contributed by atoms with Crippen LogP contribution in [0.3, 0.4) is 0 Å². The first-order valence-electron chi connectivity index (χ1n) is 5.23. The zero-order valence-corrected chi connectivity index (χ0v) is 11.4. The number of phenolic OH excluding ortho intramolecular Hbond substituents is 1. The standard InChI is InChI=1S/C13H10F2INO/c14-9-2-1-3-11(13(9)16)17-7-8-4-5-12(18)10(15)6-8/h1-6,17-18H,7H2. The first-order chi connectivity index (χ1) is 8.58. The highest BCUT2D eigenvalue weighted by Gasteiger charge is 2.05. The highest BCUT2D eigenvalue weighted by molar-refractivity contribution is 14.1. The van der Waals surface area contributed by atoms with Gasteiger partial charge in [-0.25, -0.2) is 8.78 Å². The predicted octanol–water partition coefficient (Wildman–Crippen LogP) is 3.89. The van der Waals surface area contributed by atoms with Crippen molar-refractivity contribution in [3.8, 4) is 5.75 Å². The van der Waals surface area contributed by atoms with Gasteiger partial charge in [0.1, 0.15) is 5.82 Å². The van der Waals surface area contributed by atoms with Crippen molar-refractivity contribution in [3.63, 3.8) is 0 Å². The first kappa shape index (κ1) is 13.1. The minimum atomic E-state index is -0.664. The molecule has 0 fully saturated rings. The SMILES string of the molecule is Oc1ccc(CNc2cccc(F)c2I)cc1F. The lowest BCUT2D eigenvalue weighted by atomic mass is 10.2. The summed E-state index contributed by atoms with van der Waals surface area (Å²) >= 11 is 1.91. The third kappa shape index (κ3) is 2.90. The largest absolute Gasteiger partial charge is 0.505 e. The van der Waals surface area contributed by atoms with E-state index in [4.69, 9.17) is 5.11 Å². The number of nitrogens with one attached hydrogen (secondary N) is 1. The Balaban J connectivity index is 2.11. The highest BCUT2D eigenvalue weighted by atomic mass is 127. The molecule has 0 heterocycles. The zero-order chi connectivity index (χ0) is 13.1. The van der Waals surface area contributed by atoms with Crippen LogP contribution in [-0.4, -0.2) is 5.11 Å². The normalized spacial score (nSPS) is 10.4. The first-order valence-corrected chi connectivity index (χ1v) is 6.31. The maximum atomic E-state index is 13.3. The van der Waals surface area contributed by atoms with Gasteiger partial charge in [-0.05, 0) is 52.4 Å². The van der Waals surface area contributed by atoms with Gasteiger partial charge in [-0.2, -0.15) is 0 Å². The van der Waals surface area contributed by atoms with Gasteiger partial charge in [-0.1, -0.05) is 12.1 Å². The van der Waals surface area contributed by atoms with Crippen LogP contribution in [0.15, 0.2) is 36.4 Å². The van der Waals surface area contributed by atoms with Gasteiger partial charge in [0.15, 0.2) is 11.6 Å². The summed E-state index contributed by atoms with van der Waals surface area (Å²) in [7, 11) is 0. The quantitative estimate of drug-likeness (QED) is 0.814. The fourth-order valence-electron chi connectivity index (χ4n) is 1.50. The summed E-state index contributed by atoms with van der Waals surface area (Å²) in [6.45, 7) is 0.358. The van der Waals surface area contributed by atoms with E-state index in [2.05, 4.69) is 5.32 Å². The fraction of sp³-hybridized carbons (Fsp3) is 0.0769. The van der Waals surface area contributed by atoms with Gasteiger partial charge in [0.05, 0.1) is 9.26 Å². The molecular formula is C13H10F2INO. The Labute approximate surface area is 117 Å². The second kappa shape index (κ2) is 5.51. The van der Waals surface area contributed by atoms with E-state index < -0.39 is 5.82 Å². The van der Waals surface area contributed by atoms with E-state index in [1.807, 2.05) is 22.6 Å². The van der Waals surface area contributed by atoms with Crippen LogP contribution in [0.5, 0.6) is 5.75 Å². The van der Waals surface area contributed by atoms with Crippen molar-refractivity contribution in [1.29, 1.82) is 0 Å². The number of rotatable bonds is 3. The van der Waals surface area contributed by atoms with Gasteiger partial charge in [0.2, 0.25) is 0 Å². The van der Waals surface area contributed by atoms with Crippen LogP contribution in [0.2, 0.25) is 0 Å². The number of benzene rings is 2. The van der Waals surface area contributed by atoms with Gasteiger partial charge in [0.25, 0.3) is 0 Å². The van der Waals surface area contributed by atoms with Crippen molar-refractivity contribution in [3.05, 3.63) is 57.2 Å². The number of hydrogen-bond acceptors (Lipinski definition) is 2. The van der Waals surface area contributed by atoms with Crippen molar-refractivity contribution >= 4 is 28.3 Å². The average molecular weight is 361 g/mol. The van der Waals surface area contributed by atoms with Crippen molar-refractivity contribution in [2.24, 2.45) is 0 Å². The predicted molar refractivity (Wildman–Crippen MR) is 74.5 cm³/mol. The lowest BCUT2D eigenvalue weighted by Crippen LogP contribution is -2.02. The van der Waals surface area contributed by atoms with Crippen molar-refractivity contribution in [1.82, 2.24) is 0 Å². The third-order valence-corrected chi connectivity index (χ3v) is 3.54. The molecule has 2 rings (SSSR count). The lowest BCUT2D eigenvalue weighted by Gasteiger charge is -2.09. The molecule has 94 valence electrons. The van der Waals surface area contributed by atoms with Crippen molar-refractivity contribution < 1.29 is 13.9 Å². The third-order valence-electron chi connectivity index (χ3n) is 2.45. The Morgan fingerprint density at radius 3 is 2.61 bits per heavy atom. The van der Waals surface area contributed by atoms with Gasteiger partial charge in [-0.15, -0.1) is 0 Å². The van der Waals surface area contributed by atoms with E-state index in [0.29, 0.717) is 21.4 Å². The summed E-state index contributed by atoms with van der Waals surface area (Å²) in [6, 6.07) is 8.89. The zero-order valence-electron chi connectivity index (χ0n) is 9.25. The van der Waals surface area contributed by atoms with E-state index in [9.17, 15) is 8.78 Å². The van der Waals surface area contributed by atoms with E-state index in [1.165, 1.54) is 18.2 Å². The van der Waals surface area contributed by atoms with Crippen LogP contribution in [0.1, 0.15) is 5.56 Å². The highest BCUT2D eigenvalue weighted by Crippen LogP contribution is 2.22. The lowest BCUT2D eigenvalue weighted by molar-refractivity contribution is 0.432. The molecule has 0 radical (unpaired) electrons. The van der Waals surface area contributed by atoms with Crippen LogP contribution in [0, 0.1) is 15.2 Å². The topological polar surface area (TPSA) is 32.3 Å². The second-order valence-electron chi connectivity index (χ2n) is 3.74. The molecule has 2 N–H and O–H groups in total. The molecular weight excluding hydrogens is 351 g/mol. The van der Waals surface area contributed by atoms with Crippen LogP contribution >= 0.6 is 22.6 Å². The summed E-state index contributed by atoms with van der Waals surface area (Å²) in [5.41, 5.74) is 1.33. The Kier molecular flexibility index (Phi) is 4.00. The number of anilines is 1. The van der Waals surface area contributed by atoms with E-state index in [-0.39, 0.29) is 11.6 Å². The van der Waals surface area contributed by atoms with E-state index >= 15 is 0 Å².